The van der Waals surface area contributed by atoms with E-state index in [0.717, 1.165) is 22.5 Å². The molecule has 2 aromatic rings. The standard InChI is InChI=1S/C22H26FN3O4S/c1-4-16-6-5-7-19(12-16)26-20(27)14-25(31(3,29)30)15-22(26,2)21(28)24-13-17-8-10-18(23)11-9-17/h5-12H,4,13-15H2,1-3H3,(H,24,28). The minimum Gasteiger partial charge on any atom is -0.350 e. The van der Waals surface area contributed by atoms with Gasteiger partial charge in [-0.1, -0.05) is 31.2 Å². The number of nitrogens with zero attached hydrogens (tertiary/aromatic N) is 2. The van der Waals surface area contributed by atoms with Crippen LogP contribution in [0.25, 0.3) is 0 Å². The molecule has 2 aromatic carbocycles. The fourth-order valence-corrected chi connectivity index (χ4v) is 4.52. The molecule has 1 atom stereocenters. The molecule has 1 heterocycles. The highest BCUT2D eigenvalue weighted by Gasteiger charge is 2.50. The fourth-order valence-electron chi connectivity index (χ4n) is 3.69. The van der Waals surface area contributed by atoms with E-state index in [1.54, 1.807) is 31.2 Å². The molecule has 9 heteroatoms. The van der Waals surface area contributed by atoms with Crippen molar-refractivity contribution in [3.63, 3.8) is 0 Å². The van der Waals surface area contributed by atoms with Crippen LogP contribution >= 0.6 is 0 Å². The number of carbonyl (C=O) groups is 2. The quantitative estimate of drug-likeness (QED) is 0.735. The van der Waals surface area contributed by atoms with Crippen LogP contribution < -0.4 is 10.2 Å². The number of anilines is 1. The SMILES string of the molecule is CCc1cccc(N2C(=O)CN(S(C)(=O)=O)CC2(C)C(=O)NCc2ccc(F)cc2)c1. The summed E-state index contributed by atoms with van der Waals surface area (Å²) in [7, 11) is -3.69. The summed E-state index contributed by atoms with van der Waals surface area (Å²) in [6.45, 7) is 3.14. The van der Waals surface area contributed by atoms with Gasteiger partial charge in [-0.05, 0) is 48.7 Å². The highest BCUT2D eigenvalue weighted by Crippen LogP contribution is 2.31. The molecular weight excluding hydrogens is 421 g/mol. The predicted octanol–water partition coefficient (Wildman–Crippen LogP) is 2.07. The van der Waals surface area contributed by atoms with Crippen LogP contribution in [0.15, 0.2) is 48.5 Å². The van der Waals surface area contributed by atoms with Gasteiger partial charge in [-0.2, -0.15) is 4.31 Å². The van der Waals surface area contributed by atoms with Crippen LogP contribution in [0.3, 0.4) is 0 Å². The second-order valence-corrected chi connectivity index (χ2v) is 9.85. The van der Waals surface area contributed by atoms with Crippen molar-refractivity contribution < 1.29 is 22.4 Å². The van der Waals surface area contributed by atoms with E-state index in [1.165, 1.54) is 17.0 Å². The van der Waals surface area contributed by atoms with E-state index in [4.69, 9.17) is 0 Å². The maximum absolute atomic E-state index is 13.3. The lowest BCUT2D eigenvalue weighted by molar-refractivity contribution is -0.133. The van der Waals surface area contributed by atoms with Gasteiger partial charge in [0.15, 0.2) is 0 Å². The van der Waals surface area contributed by atoms with Crippen LogP contribution in [0.2, 0.25) is 0 Å². The summed E-state index contributed by atoms with van der Waals surface area (Å²) < 4.78 is 38.5. The van der Waals surface area contributed by atoms with Crippen LogP contribution in [0, 0.1) is 5.82 Å². The summed E-state index contributed by atoms with van der Waals surface area (Å²) in [5.74, 6) is -1.37. The molecule has 0 bridgehead atoms. The van der Waals surface area contributed by atoms with Gasteiger partial charge in [0.25, 0.3) is 0 Å². The Morgan fingerprint density at radius 3 is 2.45 bits per heavy atom. The highest BCUT2D eigenvalue weighted by molar-refractivity contribution is 7.88. The molecule has 1 aliphatic rings. The van der Waals surface area contributed by atoms with Gasteiger partial charge in [0.1, 0.15) is 11.4 Å². The Balaban J connectivity index is 1.96. The Kier molecular flexibility index (Phi) is 6.47. The second-order valence-electron chi connectivity index (χ2n) is 7.87. The van der Waals surface area contributed by atoms with Crippen LogP contribution in [-0.4, -0.2) is 49.4 Å². The Labute approximate surface area is 181 Å². The lowest BCUT2D eigenvalue weighted by atomic mass is 9.94. The number of benzene rings is 2. The molecule has 166 valence electrons. The molecule has 1 N–H and O–H groups in total. The Hall–Kier alpha value is -2.78. The first-order valence-corrected chi connectivity index (χ1v) is 11.8. The first-order chi connectivity index (χ1) is 14.5. The van der Waals surface area contributed by atoms with Crippen molar-refractivity contribution in [2.24, 2.45) is 0 Å². The summed E-state index contributed by atoms with van der Waals surface area (Å²) >= 11 is 0. The number of piperazine rings is 1. The van der Waals surface area contributed by atoms with E-state index in [1.807, 2.05) is 19.1 Å². The predicted molar refractivity (Wildman–Crippen MR) is 116 cm³/mol. The molecule has 0 aliphatic carbocycles. The van der Waals surface area contributed by atoms with Crippen molar-refractivity contribution in [1.82, 2.24) is 9.62 Å². The number of rotatable bonds is 6. The third-order valence-electron chi connectivity index (χ3n) is 5.44. The average Bonchev–Trinajstić information content (AvgIpc) is 2.72. The zero-order valence-electron chi connectivity index (χ0n) is 17.8. The number of amides is 2. The monoisotopic (exact) mass is 447 g/mol. The molecule has 1 saturated heterocycles. The third-order valence-corrected chi connectivity index (χ3v) is 6.64. The molecule has 31 heavy (non-hydrogen) atoms. The second kappa shape index (κ2) is 8.76. The van der Waals surface area contributed by atoms with E-state index in [-0.39, 0.29) is 25.5 Å². The number of nitrogens with one attached hydrogen (secondary N) is 1. The molecule has 0 saturated carbocycles. The van der Waals surface area contributed by atoms with Gasteiger partial charge < -0.3 is 5.32 Å². The van der Waals surface area contributed by atoms with Gasteiger partial charge in [0, 0.05) is 18.8 Å². The van der Waals surface area contributed by atoms with Crippen molar-refractivity contribution in [2.75, 3.05) is 24.2 Å². The molecule has 0 spiro atoms. The van der Waals surface area contributed by atoms with Crippen LogP contribution in [0.5, 0.6) is 0 Å². The molecular formula is C22H26FN3O4S. The van der Waals surface area contributed by atoms with Crippen molar-refractivity contribution in [1.29, 1.82) is 0 Å². The average molecular weight is 448 g/mol. The Bertz CT molecular complexity index is 1090. The smallest absolute Gasteiger partial charge is 0.247 e. The van der Waals surface area contributed by atoms with E-state index >= 15 is 0 Å². The fraction of sp³-hybridized carbons (Fsp3) is 0.364. The molecule has 1 fully saturated rings. The van der Waals surface area contributed by atoms with Crippen molar-refractivity contribution in [3.05, 3.63) is 65.5 Å². The molecule has 3 rings (SSSR count). The van der Waals surface area contributed by atoms with Crippen molar-refractivity contribution in [2.45, 2.75) is 32.4 Å². The topological polar surface area (TPSA) is 86.8 Å². The van der Waals surface area contributed by atoms with Gasteiger partial charge in [-0.25, -0.2) is 12.8 Å². The first-order valence-electron chi connectivity index (χ1n) is 9.94. The first kappa shape index (κ1) is 22.9. The number of carbonyl (C=O) groups excluding carboxylic acids is 2. The third kappa shape index (κ3) is 4.94. The molecule has 2 amide bonds. The maximum atomic E-state index is 13.3. The summed E-state index contributed by atoms with van der Waals surface area (Å²) in [6, 6.07) is 13.0. The minimum absolute atomic E-state index is 0.116. The molecule has 0 aromatic heterocycles. The van der Waals surface area contributed by atoms with Gasteiger partial charge >= 0.3 is 0 Å². The van der Waals surface area contributed by atoms with Gasteiger partial charge in [-0.15, -0.1) is 0 Å². The van der Waals surface area contributed by atoms with E-state index < -0.39 is 27.4 Å². The summed E-state index contributed by atoms with van der Waals surface area (Å²) in [5, 5.41) is 2.77. The number of sulfonamides is 1. The zero-order chi connectivity index (χ0) is 22.8. The number of aryl methyl sites for hydroxylation is 1. The van der Waals surface area contributed by atoms with Gasteiger partial charge in [0.2, 0.25) is 21.8 Å². The molecule has 0 radical (unpaired) electrons. The number of hydrogen-bond acceptors (Lipinski definition) is 4. The Morgan fingerprint density at radius 2 is 1.84 bits per heavy atom. The normalized spacial score (nSPS) is 20.0. The van der Waals surface area contributed by atoms with E-state index in [9.17, 15) is 22.4 Å². The van der Waals surface area contributed by atoms with Crippen molar-refractivity contribution in [3.8, 4) is 0 Å². The summed E-state index contributed by atoms with van der Waals surface area (Å²) in [6.07, 6.45) is 1.77. The minimum atomic E-state index is -3.69. The molecule has 7 nitrogen and oxygen atoms in total. The molecule has 1 aliphatic heterocycles. The highest BCUT2D eigenvalue weighted by atomic mass is 32.2. The van der Waals surface area contributed by atoms with Gasteiger partial charge in [0.05, 0.1) is 12.8 Å². The largest absolute Gasteiger partial charge is 0.350 e. The summed E-state index contributed by atoms with van der Waals surface area (Å²) in [4.78, 5) is 27.8. The lowest BCUT2D eigenvalue weighted by Gasteiger charge is -2.46. The lowest BCUT2D eigenvalue weighted by Crippen LogP contribution is -2.70. The van der Waals surface area contributed by atoms with E-state index in [2.05, 4.69) is 5.32 Å². The maximum Gasteiger partial charge on any atom is 0.247 e. The van der Waals surface area contributed by atoms with E-state index in [0.29, 0.717) is 11.3 Å². The number of hydrogen-bond donors (Lipinski definition) is 1. The van der Waals surface area contributed by atoms with Crippen LogP contribution in [-0.2, 0) is 32.6 Å². The van der Waals surface area contributed by atoms with Crippen LogP contribution in [0.1, 0.15) is 25.0 Å². The van der Waals surface area contributed by atoms with Crippen LogP contribution in [0.4, 0.5) is 10.1 Å². The number of halogens is 1. The summed E-state index contributed by atoms with van der Waals surface area (Å²) in [5.41, 5.74) is 0.743. The Morgan fingerprint density at radius 1 is 1.16 bits per heavy atom. The van der Waals surface area contributed by atoms with Gasteiger partial charge in [-0.3, -0.25) is 14.5 Å². The van der Waals surface area contributed by atoms with Crippen molar-refractivity contribution >= 4 is 27.5 Å². The zero-order valence-corrected chi connectivity index (χ0v) is 18.6. The molecule has 1 unspecified atom stereocenters.